The maximum absolute atomic E-state index is 2.38. The van der Waals surface area contributed by atoms with Gasteiger partial charge in [0.2, 0.25) is 0 Å². The average molecular weight is 169 g/mol. The predicted octanol–water partition coefficient (Wildman–Crippen LogP) is 4.60. The summed E-state index contributed by atoms with van der Waals surface area (Å²) in [5.41, 5.74) is 0. The zero-order chi connectivity index (χ0) is 9.40. The Balaban J connectivity index is 3.35. The maximum atomic E-state index is 2.38. The standard InChI is InChI=1S/C12H25/c1-5-7-8-10-12(4)11(3)9-6-2/h12H,5-10H2,1-4H3. The van der Waals surface area contributed by atoms with Crippen molar-refractivity contribution in [2.45, 2.75) is 66.2 Å². The molecule has 0 aromatic rings. The fraction of sp³-hybridized carbons (Fsp3) is 0.917. The summed E-state index contributed by atoms with van der Waals surface area (Å²) in [7, 11) is 0. The van der Waals surface area contributed by atoms with Gasteiger partial charge in [-0.25, -0.2) is 0 Å². The monoisotopic (exact) mass is 169 g/mol. The first-order chi connectivity index (χ1) is 5.72. The van der Waals surface area contributed by atoms with Crippen molar-refractivity contribution < 1.29 is 0 Å². The van der Waals surface area contributed by atoms with E-state index in [1.165, 1.54) is 38.5 Å². The maximum Gasteiger partial charge on any atom is -0.0244 e. The van der Waals surface area contributed by atoms with Gasteiger partial charge < -0.3 is 0 Å². The topological polar surface area (TPSA) is 0 Å². The van der Waals surface area contributed by atoms with Crippen molar-refractivity contribution in [1.82, 2.24) is 0 Å². The third-order valence-corrected chi connectivity index (χ3v) is 2.73. The molecule has 1 radical (unpaired) electrons. The molecule has 0 aliphatic rings. The Bertz CT molecular complexity index is 86.0. The highest BCUT2D eigenvalue weighted by molar-refractivity contribution is 4.88. The highest BCUT2D eigenvalue weighted by Gasteiger charge is 2.10. The van der Waals surface area contributed by atoms with Crippen LogP contribution in [-0.2, 0) is 0 Å². The molecule has 0 N–H and O–H groups in total. The lowest BCUT2D eigenvalue weighted by Gasteiger charge is -2.18. The van der Waals surface area contributed by atoms with Gasteiger partial charge in [0.05, 0.1) is 0 Å². The molecule has 0 rings (SSSR count). The Hall–Kier alpha value is 0. The van der Waals surface area contributed by atoms with E-state index in [4.69, 9.17) is 0 Å². The Morgan fingerprint density at radius 1 is 1.08 bits per heavy atom. The van der Waals surface area contributed by atoms with Crippen LogP contribution in [0.2, 0.25) is 0 Å². The molecule has 0 saturated carbocycles. The van der Waals surface area contributed by atoms with Gasteiger partial charge in [0.25, 0.3) is 0 Å². The average Bonchev–Trinajstić information content (AvgIpc) is 2.05. The Labute approximate surface area is 78.8 Å². The third-order valence-electron chi connectivity index (χ3n) is 2.73. The number of rotatable bonds is 7. The van der Waals surface area contributed by atoms with Gasteiger partial charge in [0.15, 0.2) is 0 Å². The molecule has 0 aromatic carbocycles. The van der Waals surface area contributed by atoms with E-state index in [9.17, 15) is 0 Å². The van der Waals surface area contributed by atoms with Crippen LogP contribution >= 0.6 is 0 Å². The van der Waals surface area contributed by atoms with Gasteiger partial charge in [-0.15, -0.1) is 0 Å². The summed E-state index contributed by atoms with van der Waals surface area (Å²) in [6, 6.07) is 0. The molecule has 0 bridgehead atoms. The minimum absolute atomic E-state index is 0.858. The Kier molecular flexibility index (Phi) is 7.64. The van der Waals surface area contributed by atoms with Crippen LogP contribution in [0.5, 0.6) is 0 Å². The van der Waals surface area contributed by atoms with Gasteiger partial charge >= 0.3 is 0 Å². The molecule has 0 saturated heterocycles. The normalized spacial score (nSPS) is 13.8. The molecule has 1 unspecified atom stereocenters. The zero-order valence-electron chi connectivity index (χ0n) is 9.32. The predicted molar refractivity (Wildman–Crippen MR) is 57.1 cm³/mol. The van der Waals surface area contributed by atoms with Crippen molar-refractivity contribution in [3.8, 4) is 0 Å². The largest absolute Gasteiger partial charge is 0.0654 e. The lowest BCUT2D eigenvalue weighted by Crippen LogP contribution is -2.05. The molecule has 73 valence electrons. The van der Waals surface area contributed by atoms with Gasteiger partial charge in [0, 0.05) is 0 Å². The van der Waals surface area contributed by atoms with E-state index in [-0.39, 0.29) is 0 Å². The SMILES string of the molecule is CCCCCC(C)[C](C)CCC. The third kappa shape index (κ3) is 5.62. The number of unbranched alkanes of at least 4 members (excludes halogenated alkanes) is 2. The summed E-state index contributed by atoms with van der Waals surface area (Å²) in [5, 5.41) is 0. The van der Waals surface area contributed by atoms with Gasteiger partial charge in [-0.2, -0.15) is 0 Å². The quantitative estimate of drug-likeness (QED) is 0.489. The van der Waals surface area contributed by atoms with Crippen molar-refractivity contribution >= 4 is 0 Å². The molecular formula is C12H25. The molecule has 0 fully saturated rings. The van der Waals surface area contributed by atoms with Crippen LogP contribution in [0.4, 0.5) is 0 Å². The summed E-state index contributed by atoms with van der Waals surface area (Å²) in [6.45, 7) is 9.23. The summed E-state index contributed by atoms with van der Waals surface area (Å²) < 4.78 is 0. The van der Waals surface area contributed by atoms with E-state index < -0.39 is 0 Å². The molecule has 0 aliphatic carbocycles. The fourth-order valence-electron chi connectivity index (χ4n) is 1.59. The lowest BCUT2D eigenvalue weighted by atomic mass is 9.88. The van der Waals surface area contributed by atoms with E-state index >= 15 is 0 Å². The van der Waals surface area contributed by atoms with Crippen molar-refractivity contribution in [2.75, 3.05) is 0 Å². The van der Waals surface area contributed by atoms with E-state index in [1.54, 1.807) is 5.92 Å². The smallest absolute Gasteiger partial charge is 0.0244 e. The van der Waals surface area contributed by atoms with Crippen LogP contribution in [0.25, 0.3) is 0 Å². The Morgan fingerprint density at radius 3 is 2.25 bits per heavy atom. The van der Waals surface area contributed by atoms with Crippen LogP contribution in [-0.4, -0.2) is 0 Å². The molecule has 0 heterocycles. The van der Waals surface area contributed by atoms with Crippen LogP contribution in [0.3, 0.4) is 0 Å². The molecule has 0 amide bonds. The molecule has 0 heteroatoms. The second-order valence-corrected chi connectivity index (χ2v) is 3.99. The highest BCUT2D eigenvalue weighted by atomic mass is 14.2. The Morgan fingerprint density at radius 2 is 1.75 bits per heavy atom. The van der Waals surface area contributed by atoms with Crippen molar-refractivity contribution in [1.29, 1.82) is 0 Å². The first-order valence-electron chi connectivity index (χ1n) is 5.54. The minimum atomic E-state index is 0.858. The molecule has 0 spiro atoms. The summed E-state index contributed by atoms with van der Waals surface area (Å²) >= 11 is 0. The van der Waals surface area contributed by atoms with Crippen molar-refractivity contribution in [2.24, 2.45) is 5.92 Å². The van der Waals surface area contributed by atoms with Crippen LogP contribution in [0.15, 0.2) is 0 Å². The number of hydrogen-bond donors (Lipinski definition) is 0. The molecular weight excluding hydrogens is 144 g/mol. The summed E-state index contributed by atoms with van der Waals surface area (Å²) in [4.78, 5) is 0. The second-order valence-electron chi connectivity index (χ2n) is 3.99. The van der Waals surface area contributed by atoms with Gasteiger partial charge in [-0.1, -0.05) is 59.8 Å². The molecule has 1 atom stereocenters. The summed E-state index contributed by atoms with van der Waals surface area (Å²) in [5.74, 6) is 2.56. The summed E-state index contributed by atoms with van der Waals surface area (Å²) in [6.07, 6.45) is 8.21. The first kappa shape index (κ1) is 12.0. The minimum Gasteiger partial charge on any atom is -0.0654 e. The molecule has 0 nitrogen and oxygen atoms in total. The van der Waals surface area contributed by atoms with E-state index in [2.05, 4.69) is 27.7 Å². The highest BCUT2D eigenvalue weighted by Crippen LogP contribution is 2.23. The zero-order valence-corrected chi connectivity index (χ0v) is 9.32. The van der Waals surface area contributed by atoms with Crippen molar-refractivity contribution in [3.63, 3.8) is 0 Å². The fourth-order valence-corrected chi connectivity index (χ4v) is 1.59. The van der Waals surface area contributed by atoms with Crippen LogP contribution < -0.4 is 0 Å². The molecule has 12 heavy (non-hydrogen) atoms. The van der Waals surface area contributed by atoms with Gasteiger partial charge in [0.1, 0.15) is 0 Å². The van der Waals surface area contributed by atoms with Gasteiger partial charge in [-0.3, -0.25) is 0 Å². The van der Waals surface area contributed by atoms with E-state index in [1.807, 2.05) is 0 Å². The number of hydrogen-bond acceptors (Lipinski definition) is 0. The second kappa shape index (κ2) is 7.64. The first-order valence-corrected chi connectivity index (χ1v) is 5.54. The molecule has 0 aromatic heterocycles. The molecule has 0 aliphatic heterocycles. The van der Waals surface area contributed by atoms with Crippen LogP contribution in [0, 0.1) is 11.8 Å². The van der Waals surface area contributed by atoms with Crippen molar-refractivity contribution in [3.05, 3.63) is 5.92 Å². The lowest BCUT2D eigenvalue weighted by molar-refractivity contribution is 0.483. The van der Waals surface area contributed by atoms with E-state index in [0.717, 1.165) is 5.92 Å². The van der Waals surface area contributed by atoms with Crippen LogP contribution in [0.1, 0.15) is 66.2 Å². The van der Waals surface area contributed by atoms with E-state index in [0.29, 0.717) is 0 Å². The van der Waals surface area contributed by atoms with Gasteiger partial charge in [-0.05, 0) is 18.3 Å².